The number of hydrogen-bond donors (Lipinski definition) is 2. The molecule has 3 heteroatoms. The molecule has 1 aromatic rings. The topological polar surface area (TPSA) is 55.5 Å². The molecule has 1 aromatic carbocycles. The van der Waals surface area contributed by atoms with Crippen LogP contribution in [0, 0.1) is 0 Å². The van der Waals surface area contributed by atoms with Crippen LogP contribution < -0.4 is 10.5 Å². The Kier molecular flexibility index (Phi) is 6.32. The summed E-state index contributed by atoms with van der Waals surface area (Å²) in [5, 5.41) is 10.1. The molecule has 3 N–H and O–H groups in total. The van der Waals surface area contributed by atoms with Gasteiger partial charge >= 0.3 is 0 Å². The standard InChI is InChI=1S/C16H27NO2/c1-4-16(18,12-17)10-7-11-19-15-9-6-5-8-14(15)13(2)3/h5-6,8-9,13,18H,4,7,10-12,17H2,1-3H3. The average molecular weight is 265 g/mol. The molecule has 0 saturated carbocycles. The van der Waals surface area contributed by atoms with Crippen LogP contribution in [0.5, 0.6) is 5.75 Å². The fraction of sp³-hybridized carbons (Fsp3) is 0.625. The SMILES string of the molecule is CCC(O)(CN)CCCOc1ccccc1C(C)C. The van der Waals surface area contributed by atoms with E-state index in [4.69, 9.17) is 10.5 Å². The molecule has 0 fully saturated rings. The van der Waals surface area contributed by atoms with Crippen LogP contribution in [0.25, 0.3) is 0 Å². The first-order chi connectivity index (χ1) is 9.02. The second-order valence-corrected chi connectivity index (χ2v) is 5.43. The van der Waals surface area contributed by atoms with Gasteiger partial charge in [0.2, 0.25) is 0 Å². The lowest BCUT2D eigenvalue weighted by Gasteiger charge is -2.24. The molecule has 0 heterocycles. The van der Waals surface area contributed by atoms with Crippen molar-refractivity contribution in [2.45, 2.75) is 51.6 Å². The maximum absolute atomic E-state index is 10.1. The molecule has 1 atom stereocenters. The fourth-order valence-corrected chi connectivity index (χ4v) is 2.10. The Morgan fingerprint density at radius 3 is 2.58 bits per heavy atom. The Bertz CT molecular complexity index is 373. The van der Waals surface area contributed by atoms with Gasteiger partial charge in [-0.2, -0.15) is 0 Å². The number of aliphatic hydroxyl groups is 1. The quantitative estimate of drug-likeness (QED) is 0.710. The summed E-state index contributed by atoms with van der Waals surface area (Å²) < 4.78 is 5.83. The van der Waals surface area contributed by atoms with Gasteiger partial charge in [0.15, 0.2) is 0 Å². The number of para-hydroxylation sites is 1. The first-order valence-electron chi connectivity index (χ1n) is 7.16. The lowest BCUT2D eigenvalue weighted by atomic mass is 9.95. The van der Waals surface area contributed by atoms with Crippen molar-refractivity contribution in [3.63, 3.8) is 0 Å². The largest absolute Gasteiger partial charge is 0.493 e. The molecule has 0 saturated heterocycles. The summed E-state index contributed by atoms with van der Waals surface area (Å²) in [5.41, 5.74) is 6.08. The molecule has 1 rings (SSSR count). The van der Waals surface area contributed by atoms with Gasteiger partial charge in [0.25, 0.3) is 0 Å². The normalized spacial score (nSPS) is 14.4. The van der Waals surface area contributed by atoms with Crippen LogP contribution in [-0.4, -0.2) is 23.9 Å². The zero-order valence-corrected chi connectivity index (χ0v) is 12.4. The molecule has 0 amide bonds. The summed E-state index contributed by atoms with van der Waals surface area (Å²) in [5.74, 6) is 1.40. The highest BCUT2D eigenvalue weighted by molar-refractivity contribution is 5.35. The van der Waals surface area contributed by atoms with Crippen LogP contribution in [0.3, 0.4) is 0 Å². The van der Waals surface area contributed by atoms with Gasteiger partial charge in [-0.3, -0.25) is 0 Å². The zero-order chi connectivity index (χ0) is 14.3. The van der Waals surface area contributed by atoms with E-state index in [0.29, 0.717) is 31.9 Å². The van der Waals surface area contributed by atoms with Gasteiger partial charge in [-0.05, 0) is 36.8 Å². The van der Waals surface area contributed by atoms with E-state index < -0.39 is 5.60 Å². The summed E-state index contributed by atoms with van der Waals surface area (Å²) in [7, 11) is 0. The predicted molar refractivity (Wildman–Crippen MR) is 79.6 cm³/mol. The number of hydrogen-bond acceptors (Lipinski definition) is 3. The monoisotopic (exact) mass is 265 g/mol. The highest BCUT2D eigenvalue weighted by Gasteiger charge is 2.21. The molecular weight excluding hydrogens is 238 g/mol. The third kappa shape index (κ3) is 4.84. The lowest BCUT2D eigenvalue weighted by Crippen LogP contribution is -2.37. The van der Waals surface area contributed by atoms with Gasteiger partial charge in [0, 0.05) is 6.54 Å². The zero-order valence-electron chi connectivity index (χ0n) is 12.4. The van der Waals surface area contributed by atoms with E-state index in [1.807, 2.05) is 25.1 Å². The van der Waals surface area contributed by atoms with Crippen molar-refractivity contribution in [3.05, 3.63) is 29.8 Å². The predicted octanol–water partition coefficient (Wildman–Crippen LogP) is 3.07. The molecule has 0 aliphatic carbocycles. The Balaban J connectivity index is 2.46. The summed E-state index contributed by atoms with van der Waals surface area (Å²) in [6.45, 7) is 7.21. The maximum atomic E-state index is 10.1. The Hall–Kier alpha value is -1.06. The number of benzene rings is 1. The van der Waals surface area contributed by atoms with Crippen LogP contribution in [0.15, 0.2) is 24.3 Å². The second kappa shape index (κ2) is 7.51. The lowest BCUT2D eigenvalue weighted by molar-refractivity contribution is 0.0308. The van der Waals surface area contributed by atoms with Crippen LogP contribution in [0.1, 0.15) is 51.5 Å². The molecule has 108 valence electrons. The first kappa shape index (κ1) is 16.0. The fourth-order valence-electron chi connectivity index (χ4n) is 2.10. The molecule has 0 aliphatic rings. The number of rotatable bonds is 8. The van der Waals surface area contributed by atoms with Crippen molar-refractivity contribution in [2.75, 3.05) is 13.2 Å². The minimum absolute atomic E-state index is 0.312. The van der Waals surface area contributed by atoms with E-state index in [1.54, 1.807) is 0 Å². The molecule has 0 bridgehead atoms. The first-order valence-corrected chi connectivity index (χ1v) is 7.16. The van der Waals surface area contributed by atoms with Crippen molar-refractivity contribution in [1.82, 2.24) is 0 Å². The van der Waals surface area contributed by atoms with Crippen LogP contribution in [-0.2, 0) is 0 Å². The molecule has 3 nitrogen and oxygen atoms in total. The molecule has 0 spiro atoms. The van der Waals surface area contributed by atoms with Gasteiger partial charge in [0.1, 0.15) is 5.75 Å². The smallest absolute Gasteiger partial charge is 0.122 e. The summed E-state index contributed by atoms with van der Waals surface area (Å²) in [6.07, 6.45) is 2.18. The van der Waals surface area contributed by atoms with Crippen LogP contribution in [0.2, 0.25) is 0 Å². The molecule has 19 heavy (non-hydrogen) atoms. The van der Waals surface area contributed by atoms with Gasteiger partial charge in [-0.25, -0.2) is 0 Å². The van der Waals surface area contributed by atoms with Gasteiger partial charge in [-0.1, -0.05) is 39.0 Å². The third-order valence-electron chi connectivity index (χ3n) is 3.62. The Morgan fingerprint density at radius 2 is 2.00 bits per heavy atom. The van der Waals surface area contributed by atoms with E-state index in [0.717, 1.165) is 12.2 Å². The van der Waals surface area contributed by atoms with Crippen LogP contribution in [0.4, 0.5) is 0 Å². The summed E-state index contributed by atoms with van der Waals surface area (Å²) in [6, 6.07) is 8.13. The second-order valence-electron chi connectivity index (χ2n) is 5.43. The number of ether oxygens (including phenoxy) is 1. The molecule has 0 aliphatic heterocycles. The minimum Gasteiger partial charge on any atom is -0.493 e. The van der Waals surface area contributed by atoms with E-state index in [2.05, 4.69) is 19.9 Å². The summed E-state index contributed by atoms with van der Waals surface area (Å²) in [4.78, 5) is 0. The van der Waals surface area contributed by atoms with Crippen LogP contribution >= 0.6 is 0 Å². The Morgan fingerprint density at radius 1 is 1.32 bits per heavy atom. The van der Waals surface area contributed by atoms with Crippen molar-refractivity contribution in [3.8, 4) is 5.75 Å². The maximum Gasteiger partial charge on any atom is 0.122 e. The third-order valence-corrected chi connectivity index (χ3v) is 3.62. The van der Waals surface area contributed by atoms with Crippen molar-refractivity contribution in [1.29, 1.82) is 0 Å². The summed E-state index contributed by atoms with van der Waals surface area (Å²) >= 11 is 0. The van der Waals surface area contributed by atoms with Gasteiger partial charge in [-0.15, -0.1) is 0 Å². The van der Waals surface area contributed by atoms with E-state index >= 15 is 0 Å². The van der Waals surface area contributed by atoms with Crippen molar-refractivity contribution in [2.24, 2.45) is 5.73 Å². The van der Waals surface area contributed by atoms with E-state index in [9.17, 15) is 5.11 Å². The van der Waals surface area contributed by atoms with Crippen molar-refractivity contribution >= 4 is 0 Å². The highest BCUT2D eigenvalue weighted by atomic mass is 16.5. The minimum atomic E-state index is -0.735. The highest BCUT2D eigenvalue weighted by Crippen LogP contribution is 2.26. The molecular formula is C16H27NO2. The average Bonchev–Trinajstić information content (AvgIpc) is 2.43. The molecule has 0 aromatic heterocycles. The number of nitrogens with two attached hydrogens (primary N) is 1. The van der Waals surface area contributed by atoms with Gasteiger partial charge in [0.05, 0.1) is 12.2 Å². The molecule has 0 radical (unpaired) electrons. The van der Waals surface area contributed by atoms with E-state index in [1.165, 1.54) is 5.56 Å². The van der Waals surface area contributed by atoms with Gasteiger partial charge < -0.3 is 15.6 Å². The molecule has 1 unspecified atom stereocenters. The van der Waals surface area contributed by atoms with Crippen molar-refractivity contribution < 1.29 is 9.84 Å². The van der Waals surface area contributed by atoms with E-state index in [-0.39, 0.29) is 0 Å². The Labute approximate surface area is 116 Å².